The van der Waals surface area contributed by atoms with Crippen molar-refractivity contribution in [2.45, 2.75) is 77.3 Å². The molecule has 7 rings (SSSR count). The molecule has 1 spiro atoms. The number of benzene rings is 1. The van der Waals surface area contributed by atoms with E-state index in [2.05, 4.69) is 28.6 Å². The first-order valence-corrected chi connectivity index (χ1v) is 16.7. The van der Waals surface area contributed by atoms with Crippen LogP contribution in [0.5, 0.6) is 0 Å². The number of pyridine rings is 1. The highest BCUT2D eigenvalue weighted by molar-refractivity contribution is 7.18. The Morgan fingerprint density at radius 1 is 1.17 bits per heavy atom. The number of carboxylic acids is 1. The van der Waals surface area contributed by atoms with Crippen LogP contribution < -0.4 is 5.56 Å². The van der Waals surface area contributed by atoms with Gasteiger partial charge in [-0.15, -0.1) is 11.3 Å². The molecule has 1 aliphatic heterocycles. The molecule has 2 atom stereocenters. The summed E-state index contributed by atoms with van der Waals surface area (Å²) >= 11 is 7.72. The van der Waals surface area contributed by atoms with Gasteiger partial charge in [0, 0.05) is 56.9 Å². The third-order valence-corrected chi connectivity index (χ3v) is 11.4. The number of aryl methyl sites for hydroxylation is 3. The van der Waals surface area contributed by atoms with E-state index in [9.17, 15) is 23.5 Å². The number of aromatic carboxylic acids is 1. The fourth-order valence-corrected chi connectivity index (χ4v) is 8.60. The lowest BCUT2D eigenvalue weighted by atomic mass is 9.78. The molecule has 46 heavy (non-hydrogen) atoms. The molecule has 1 saturated carbocycles. The fourth-order valence-electron chi connectivity index (χ4n) is 7.42. The lowest BCUT2D eigenvalue weighted by Crippen LogP contribution is -2.56. The van der Waals surface area contributed by atoms with E-state index in [0.29, 0.717) is 59.0 Å². The lowest BCUT2D eigenvalue weighted by molar-refractivity contribution is -0.0161. The second-order valence-electron chi connectivity index (χ2n) is 13.3. The van der Waals surface area contributed by atoms with E-state index in [4.69, 9.17) is 16.6 Å². The van der Waals surface area contributed by atoms with Crippen LogP contribution >= 0.6 is 22.9 Å². The van der Waals surface area contributed by atoms with Crippen molar-refractivity contribution in [3.8, 4) is 23.0 Å². The van der Waals surface area contributed by atoms with Gasteiger partial charge in [-0.05, 0) is 83.7 Å². The number of likely N-dealkylation sites (tertiary alicyclic amines) is 1. The van der Waals surface area contributed by atoms with E-state index in [1.807, 2.05) is 26.0 Å². The van der Waals surface area contributed by atoms with Crippen LogP contribution in [0.25, 0.3) is 21.3 Å². The molecule has 0 bridgehead atoms. The van der Waals surface area contributed by atoms with Crippen molar-refractivity contribution < 1.29 is 18.7 Å². The van der Waals surface area contributed by atoms with Gasteiger partial charge in [-0.25, -0.2) is 18.6 Å². The summed E-state index contributed by atoms with van der Waals surface area (Å²) < 4.78 is 30.9. The smallest absolute Gasteiger partial charge is 0.338 e. The Morgan fingerprint density at radius 2 is 1.96 bits per heavy atom. The first kappa shape index (κ1) is 31.0. The number of aromatic nitrogens is 3. The standard InChI is InChI=1S/C35H33ClF2N4O3S/c1-20-14-25(30-29(39-20)27(17-46-30)32(44)45)24-15-23(36)8-7-22(24)6-4-13-42-21(2)40-28-9-11-33(3,16-26(28)31(42)43)41-12-5-10-34(19-41)18-35(34,37)38/h7-8,14-15,17H,5,9-13,16,18-19H2,1-3H3,(H,44,45)/t33-,34+/m1/s1. The van der Waals surface area contributed by atoms with E-state index < -0.39 is 17.3 Å². The lowest BCUT2D eigenvalue weighted by Gasteiger charge is -2.48. The van der Waals surface area contributed by atoms with Crippen molar-refractivity contribution in [2.24, 2.45) is 5.41 Å². The van der Waals surface area contributed by atoms with Crippen molar-refractivity contribution in [1.82, 2.24) is 19.4 Å². The third-order valence-electron chi connectivity index (χ3n) is 10.2. The molecule has 0 unspecified atom stereocenters. The maximum absolute atomic E-state index is 14.3. The molecular weight excluding hydrogens is 630 g/mol. The number of thiophene rings is 1. The first-order valence-electron chi connectivity index (χ1n) is 15.4. The number of piperidine rings is 1. The minimum atomic E-state index is -2.59. The van der Waals surface area contributed by atoms with E-state index in [1.165, 1.54) is 11.3 Å². The second kappa shape index (κ2) is 11.0. The Balaban J connectivity index is 1.19. The minimum Gasteiger partial charge on any atom is -0.478 e. The Morgan fingerprint density at radius 3 is 2.70 bits per heavy atom. The van der Waals surface area contributed by atoms with E-state index >= 15 is 0 Å². The summed E-state index contributed by atoms with van der Waals surface area (Å²) in [5.74, 6) is 3.34. The largest absolute Gasteiger partial charge is 0.478 e. The molecule has 0 radical (unpaired) electrons. The van der Waals surface area contributed by atoms with Gasteiger partial charge in [-0.1, -0.05) is 23.4 Å². The number of nitrogens with zero attached hydrogens (tertiary/aromatic N) is 4. The highest BCUT2D eigenvalue weighted by Gasteiger charge is 2.71. The van der Waals surface area contributed by atoms with E-state index in [0.717, 1.165) is 40.9 Å². The van der Waals surface area contributed by atoms with Gasteiger partial charge in [0.1, 0.15) is 5.82 Å². The number of rotatable bonds is 4. The minimum absolute atomic E-state index is 0.0347. The van der Waals surface area contributed by atoms with Crippen LogP contribution in [0.15, 0.2) is 34.4 Å². The van der Waals surface area contributed by atoms with Crippen LogP contribution in [0.4, 0.5) is 8.78 Å². The quantitative estimate of drug-likeness (QED) is 0.239. The molecule has 1 aromatic carbocycles. The molecule has 1 N–H and O–H groups in total. The van der Waals surface area contributed by atoms with Crippen LogP contribution in [-0.4, -0.2) is 55.1 Å². The maximum atomic E-state index is 14.3. The van der Waals surface area contributed by atoms with Gasteiger partial charge in [0.15, 0.2) is 0 Å². The van der Waals surface area contributed by atoms with Gasteiger partial charge in [0.2, 0.25) is 0 Å². The molecule has 7 nitrogen and oxygen atoms in total. The third kappa shape index (κ3) is 5.13. The van der Waals surface area contributed by atoms with Crippen molar-refractivity contribution in [3.05, 3.63) is 78.9 Å². The average Bonchev–Trinajstić information content (AvgIpc) is 3.30. The van der Waals surface area contributed by atoms with Crippen molar-refractivity contribution >= 4 is 39.1 Å². The SMILES string of the molecule is Cc1cc(-c2cc(Cl)ccc2C#CCn2c(C)nc3c(c2=O)C[C@](C)(N2CCC[C@@]4(C2)CC4(F)F)CC3)c2scc(C(=O)O)c2n1. The van der Waals surface area contributed by atoms with Gasteiger partial charge in [0.25, 0.3) is 11.5 Å². The fraction of sp³-hybridized carbons (Fsp3) is 0.429. The van der Waals surface area contributed by atoms with Crippen LogP contribution in [0, 0.1) is 31.1 Å². The zero-order chi connectivity index (χ0) is 32.6. The summed E-state index contributed by atoms with van der Waals surface area (Å²) in [6.07, 6.45) is 3.15. The van der Waals surface area contributed by atoms with Crippen LogP contribution in [-0.2, 0) is 19.4 Å². The predicted molar refractivity (Wildman–Crippen MR) is 175 cm³/mol. The summed E-state index contributed by atoms with van der Waals surface area (Å²) in [7, 11) is 0. The average molecular weight is 663 g/mol. The van der Waals surface area contributed by atoms with Crippen LogP contribution in [0.3, 0.4) is 0 Å². The van der Waals surface area contributed by atoms with Gasteiger partial charge >= 0.3 is 5.97 Å². The monoisotopic (exact) mass is 662 g/mol. The van der Waals surface area contributed by atoms with Crippen LogP contribution in [0.2, 0.25) is 5.02 Å². The number of hydrogen-bond donors (Lipinski definition) is 1. The van der Waals surface area contributed by atoms with Gasteiger partial charge in [-0.3, -0.25) is 19.2 Å². The molecule has 11 heteroatoms. The Kier molecular flexibility index (Phi) is 7.38. The number of fused-ring (bicyclic) bond motifs is 2. The maximum Gasteiger partial charge on any atom is 0.338 e. The summed E-state index contributed by atoms with van der Waals surface area (Å²) in [4.78, 5) is 37.2. The van der Waals surface area contributed by atoms with Crippen molar-refractivity contribution in [3.63, 3.8) is 0 Å². The van der Waals surface area contributed by atoms with Gasteiger partial charge in [-0.2, -0.15) is 0 Å². The number of alkyl halides is 2. The molecule has 3 aromatic heterocycles. The topological polar surface area (TPSA) is 88.3 Å². The summed E-state index contributed by atoms with van der Waals surface area (Å²) in [6, 6.07) is 7.27. The molecule has 3 aliphatic rings. The molecule has 4 heterocycles. The Bertz CT molecular complexity index is 2060. The van der Waals surface area contributed by atoms with E-state index in [-0.39, 0.29) is 29.6 Å². The summed E-state index contributed by atoms with van der Waals surface area (Å²) in [5, 5.41) is 11.8. The molecule has 4 aromatic rings. The predicted octanol–water partition coefficient (Wildman–Crippen LogP) is 6.91. The van der Waals surface area contributed by atoms with Crippen molar-refractivity contribution in [2.75, 3.05) is 13.1 Å². The highest BCUT2D eigenvalue weighted by atomic mass is 35.5. The van der Waals surface area contributed by atoms with E-state index in [1.54, 1.807) is 22.1 Å². The Labute approximate surface area is 274 Å². The normalized spacial score (nSPS) is 23.6. The molecule has 0 amide bonds. The highest BCUT2D eigenvalue weighted by Crippen LogP contribution is 2.65. The zero-order valence-electron chi connectivity index (χ0n) is 25.8. The number of hydrogen-bond acceptors (Lipinski definition) is 6. The summed E-state index contributed by atoms with van der Waals surface area (Å²) in [5.41, 5.74) is 3.49. The molecule has 2 fully saturated rings. The molecule has 2 aliphatic carbocycles. The number of carboxylic acid groups (broad SMARTS) is 1. The van der Waals surface area contributed by atoms with Crippen LogP contribution in [0.1, 0.15) is 71.3 Å². The Hall–Kier alpha value is -3.65. The number of carbonyl (C=O) groups is 1. The van der Waals surface area contributed by atoms with Gasteiger partial charge < -0.3 is 5.11 Å². The van der Waals surface area contributed by atoms with Crippen molar-refractivity contribution in [1.29, 1.82) is 0 Å². The number of halogens is 3. The first-order chi connectivity index (χ1) is 21.8. The summed E-state index contributed by atoms with van der Waals surface area (Å²) in [6.45, 7) is 6.98. The molecule has 238 valence electrons. The molecular formula is C35H33ClF2N4O3S. The zero-order valence-corrected chi connectivity index (χ0v) is 27.4. The molecule has 1 saturated heterocycles. The second-order valence-corrected chi connectivity index (χ2v) is 14.6. The van der Waals surface area contributed by atoms with Gasteiger partial charge in [0.05, 0.1) is 33.4 Å².